The molecule has 0 fully saturated rings. The lowest BCUT2D eigenvalue weighted by Crippen LogP contribution is -2.33. The standard InChI is InChI=1S/C15H21BrClNO/c1-4-11(5-2)14(16)9-18-15(19)13-8-12(17)7-6-10(13)3/h6-8,11,14H,4-5,9H2,1-3H3,(H,18,19). The van der Waals surface area contributed by atoms with E-state index in [2.05, 4.69) is 35.1 Å². The van der Waals surface area contributed by atoms with Crippen LogP contribution in [0.15, 0.2) is 18.2 Å². The smallest absolute Gasteiger partial charge is 0.251 e. The van der Waals surface area contributed by atoms with Gasteiger partial charge in [-0.05, 0) is 30.5 Å². The fourth-order valence-corrected chi connectivity index (χ4v) is 3.17. The Kier molecular flexibility index (Phi) is 6.87. The van der Waals surface area contributed by atoms with Crippen LogP contribution in [0.4, 0.5) is 0 Å². The maximum absolute atomic E-state index is 12.1. The number of carbonyl (C=O) groups is 1. The maximum atomic E-state index is 12.1. The van der Waals surface area contributed by atoms with Gasteiger partial charge in [0.05, 0.1) is 0 Å². The Morgan fingerprint density at radius 2 is 2.00 bits per heavy atom. The molecular weight excluding hydrogens is 326 g/mol. The lowest BCUT2D eigenvalue weighted by atomic mass is 9.99. The number of hydrogen-bond donors (Lipinski definition) is 1. The third-order valence-corrected chi connectivity index (χ3v) is 4.77. The molecule has 0 saturated carbocycles. The predicted octanol–water partition coefficient (Wildman–Crippen LogP) is 4.58. The highest BCUT2D eigenvalue weighted by atomic mass is 79.9. The van der Waals surface area contributed by atoms with Gasteiger partial charge in [-0.25, -0.2) is 0 Å². The second kappa shape index (κ2) is 7.91. The quantitative estimate of drug-likeness (QED) is 0.751. The molecule has 1 atom stereocenters. The van der Waals surface area contributed by atoms with Crippen molar-refractivity contribution in [3.63, 3.8) is 0 Å². The second-order valence-electron chi connectivity index (χ2n) is 4.76. The maximum Gasteiger partial charge on any atom is 0.251 e. The van der Waals surface area contributed by atoms with Gasteiger partial charge in [0.15, 0.2) is 0 Å². The average Bonchev–Trinajstić information content (AvgIpc) is 2.40. The number of alkyl halides is 1. The molecule has 0 aliphatic carbocycles. The Bertz CT molecular complexity index is 432. The minimum absolute atomic E-state index is 0.0598. The molecule has 1 rings (SSSR count). The van der Waals surface area contributed by atoms with E-state index >= 15 is 0 Å². The Labute approximate surface area is 129 Å². The summed E-state index contributed by atoms with van der Waals surface area (Å²) in [5.41, 5.74) is 1.59. The van der Waals surface area contributed by atoms with Crippen molar-refractivity contribution in [2.24, 2.45) is 5.92 Å². The van der Waals surface area contributed by atoms with Crippen LogP contribution in [0.2, 0.25) is 5.02 Å². The molecule has 106 valence electrons. The summed E-state index contributed by atoms with van der Waals surface area (Å²) in [5.74, 6) is 0.524. The van der Waals surface area contributed by atoms with Gasteiger partial charge in [0.2, 0.25) is 0 Å². The molecule has 1 N–H and O–H groups in total. The van der Waals surface area contributed by atoms with Crippen molar-refractivity contribution < 1.29 is 4.79 Å². The first-order chi connectivity index (χ1) is 8.99. The van der Waals surface area contributed by atoms with Crippen LogP contribution >= 0.6 is 27.5 Å². The van der Waals surface area contributed by atoms with Gasteiger partial charge < -0.3 is 5.32 Å². The van der Waals surface area contributed by atoms with E-state index in [4.69, 9.17) is 11.6 Å². The molecular formula is C15H21BrClNO. The summed E-state index contributed by atoms with van der Waals surface area (Å²) in [6.45, 7) is 6.89. The molecule has 0 aromatic heterocycles. The summed E-state index contributed by atoms with van der Waals surface area (Å²) in [4.78, 5) is 12.4. The number of nitrogens with one attached hydrogen (secondary N) is 1. The van der Waals surface area contributed by atoms with E-state index in [9.17, 15) is 4.79 Å². The average molecular weight is 347 g/mol. The summed E-state index contributed by atoms with van der Waals surface area (Å²) in [6, 6.07) is 5.38. The zero-order valence-corrected chi connectivity index (χ0v) is 14.0. The third kappa shape index (κ3) is 4.81. The van der Waals surface area contributed by atoms with Crippen molar-refractivity contribution in [3.8, 4) is 0 Å². The van der Waals surface area contributed by atoms with E-state index in [0.29, 0.717) is 27.9 Å². The molecule has 1 unspecified atom stereocenters. The fraction of sp³-hybridized carbons (Fsp3) is 0.533. The third-order valence-electron chi connectivity index (χ3n) is 3.46. The number of halogens is 2. The second-order valence-corrected chi connectivity index (χ2v) is 6.37. The van der Waals surface area contributed by atoms with Crippen molar-refractivity contribution in [2.75, 3.05) is 6.54 Å². The minimum Gasteiger partial charge on any atom is -0.351 e. The van der Waals surface area contributed by atoms with Gasteiger partial charge in [0.1, 0.15) is 0 Å². The number of benzene rings is 1. The van der Waals surface area contributed by atoms with Crippen molar-refractivity contribution in [1.82, 2.24) is 5.32 Å². The molecule has 0 spiro atoms. The SMILES string of the molecule is CCC(CC)C(Br)CNC(=O)c1cc(Cl)ccc1C. The molecule has 1 aromatic carbocycles. The summed E-state index contributed by atoms with van der Waals surface area (Å²) in [6.07, 6.45) is 2.22. The lowest BCUT2D eigenvalue weighted by Gasteiger charge is -2.20. The van der Waals surface area contributed by atoms with Gasteiger partial charge >= 0.3 is 0 Å². The van der Waals surface area contributed by atoms with Crippen molar-refractivity contribution >= 4 is 33.4 Å². The largest absolute Gasteiger partial charge is 0.351 e. The fourth-order valence-electron chi connectivity index (χ4n) is 2.09. The lowest BCUT2D eigenvalue weighted by molar-refractivity contribution is 0.0951. The van der Waals surface area contributed by atoms with Crippen LogP contribution in [0, 0.1) is 12.8 Å². The minimum atomic E-state index is -0.0598. The zero-order chi connectivity index (χ0) is 14.4. The van der Waals surface area contributed by atoms with Crippen LogP contribution in [-0.2, 0) is 0 Å². The van der Waals surface area contributed by atoms with Gasteiger partial charge in [-0.3, -0.25) is 4.79 Å². The topological polar surface area (TPSA) is 29.1 Å². The first kappa shape index (κ1) is 16.5. The Hall–Kier alpha value is -0.540. The van der Waals surface area contributed by atoms with E-state index in [-0.39, 0.29) is 5.91 Å². The molecule has 0 aliphatic rings. The summed E-state index contributed by atoms with van der Waals surface area (Å²) in [7, 11) is 0. The highest BCUT2D eigenvalue weighted by molar-refractivity contribution is 9.09. The van der Waals surface area contributed by atoms with Gasteiger partial charge in [0.25, 0.3) is 5.91 Å². The number of hydrogen-bond acceptors (Lipinski definition) is 1. The molecule has 0 heterocycles. The summed E-state index contributed by atoms with van der Waals surface area (Å²) < 4.78 is 0. The van der Waals surface area contributed by atoms with Crippen LogP contribution in [0.3, 0.4) is 0 Å². The normalized spacial score (nSPS) is 12.5. The van der Waals surface area contributed by atoms with Gasteiger partial charge in [0, 0.05) is 22.0 Å². The molecule has 19 heavy (non-hydrogen) atoms. The van der Waals surface area contributed by atoms with Crippen molar-refractivity contribution in [1.29, 1.82) is 0 Å². The number of rotatable bonds is 6. The van der Waals surface area contributed by atoms with E-state index in [1.54, 1.807) is 12.1 Å². The van der Waals surface area contributed by atoms with Crippen LogP contribution in [0.25, 0.3) is 0 Å². The van der Waals surface area contributed by atoms with Crippen LogP contribution in [0.1, 0.15) is 42.6 Å². The molecule has 2 nitrogen and oxygen atoms in total. The van der Waals surface area contributed by atoms with E-state index in [1.807, 2.05) is 13.0 Å². The molecule has 0 aliphatic heterocycles. The van der Waals surface area contributed by atoms with Gasteiger partial charge in [-0.1, -0.05) is 60.3 Å². The molecule has 1 aromatic rings. The van der Waals surface area contributed by atoms with Crippen molar-refractivity contribution in [2.45, 2.75) is 38.4 Å². The molecule has 0 saturated heterocycles. The molecule has 0 radical (unpaired) electrons. The van der Waals surface area contributed by atoms with E-state index in [0.717, 1.165) is 18.4 Å². The highest BCUT2D eigenvalue weighted by Gasteiger charge is 2.17. The summed E-state index contributed by atoms with van der Waals surface area (Å²) in [5, 5.41) is 3.56. The number of carbonyl (C=O) groups excluding carboxylic acids is 1. The first-order valence-corrected chi connectivity index (χ1v) is 7.97. The Morgan fingerprint density at radius 3 is 2.58 bits per heavy atom. The van der Waals surface area contributed by atoms with E-state index < -0.39 is 0 Å². The molecule has 1 amide bonds. The van der Waals surface area contributed by atoms with Crippen LogP contribution in [0.5, 0.6) is 0 Å². The van der Waals surface area contributed by atoms with Crippen LogP contribution < -0.4 is 5.32 Å². The summed E-state index contributed by atoms with van der Waals surface area (Å²) >= 11 is 9.59. The number of amides is 1. The molecule has 4 heteroatoms. The Morgan fingerprint density at radius 1 is 1.37 bits per heavy atom. The van der Waals surface area contributed by atoms with Gasteiger partial charge in [-0.15, -0.1) is 0 Å². The highest BCUT2D eigenvalue weighted by Crippen LogP contribution is 2.20. The monoisotopic (exact) mass is 345 g/mol. The zero-order valence-electron chi connectivity index (χ0n) is 11.7. The Balaban J connectivity index is 2.63. The predicted molar refractivity (Wildman–Crippen MR) is 85.3 cm³/mol. The van der Waals surface area contributed by atoms with Crippen LogP contribution in [-0.4, -0.2) is 17.3 Å². The first-order valence-electron chi connectivity index (χ1n) is 6.68. The number of aryl methyl sites for hydroxylation is 1. The van der Waals surface area contributed by atoms with Crippen molar-refractivity contribution in [3.05, 3.63) is 34.3 Å². The van der Waals surface area contributed by atoms with Gasteiger partial charge in [-0.2, -0.15) is 0 Å². The van der Waals surface area contributed by atoms with E-state index in [1.165, 1.54) is 0 Å². The molecule has 0 bridgehead atoms.